The lowest BCUT2D eigenvalue weighted by Crippen LogP contribution is -2.43. The first-order valence-corrected chi connectivity index (χ1v) is 4.46. The Balaban J connectivity index is 3.41. The molecule has 0 fully saturated rings. The average Bonchev–Trinajstić information content (AvgIpc) is 2.00. The Bertz CT molecular complexity index is 152. The van der Waals surface area contributed by atoms with Crippen molar-refractivity contribution in [2.75, 3.05) is 26.8 Å². The Kier molecular flexibility index (Phi) is 5.66. The minimum atomic E-state index is -0.0153. The van der Waals surface area contributed by atoms with E-state index < -0.39 is 0 Å². The monoisotopic (exact) mass is 188 g/mol. The van der Waals surface area contributed by atoms with E-state index in [9.17, 15) is 4.79 Å². The molecule has 0 heterocycles. The van der Waals surface area contributed by atoms with Crippen LogP contribution >= 0.6 is 0 Å². The van der Waals surface area contributed by atoms with Gasteiger partial charge >= 0.3 is 0 Å². The summed E-state index contributed by atoms with van der Waals surface area (Å²) < 4.78 is 4.80. The van der Waals surface area contributed by atoms with Crippen LogP contribution in [0.1, 0.15) is 20.8 Å². The van der Waals surface area contributed by atoms with E-state index in [4.69, 9.17) is 4.74 Å². The van der Waals surface area contributed by atoms with Gasteiger partial charge in [0.2, 0.25) is 5.91 Å². The zero-order valence-electron chi connectivity index (χ0n) is 8.94. The van der Waals surface area contributed by atoms with Gasteiger partial charge in [0.1, 0.15) is 0 Å². The van der Waals surface area contributed by atoms with Crippen LogP contribution in [0.15, 0.2) is 0 Å². The topological polar surface area (TPSA) is 50.4 Å². The highest BCUT2D eigenvalue weighted by Gasteiger charge is 2.10. The Morgan fingerprint density at radius 2 is 2.00 bits per heavy atom. The fourth-order valence-corrected chi connectivity index (χ4v) is 0.700. The molecule has 0 atom stereocenters. The minimum Gasteiger partial charge on any atom is -0.383 e. The molecule has 0 aliphatic heterocycles. The van der Waals surface area contributed by atoms with Crippen LogP contribution in [0.2, 0.25) is 0 Å². The molecule has 4 heteroatoms. The maximum absolute atomic E-state index is 11.1. The van der Waals surface area contributed by atoms with Gasteiger partial charge in [0.05, 0.1) is 13.2 Å². The molecule has 0 unspecified atom stereocenters. The van der Waals surface area contributed by atoms with Gasteiger partial charge < -0.3 is 15.4 Å². The number of ether oxygens (including phenoxy) is 1. The second-order valence-electron chi connectivity index (χ2n) is 3.95. The van der Waals surface area contributed by atoms with E-state index in [2.05, 4.69) is 10.6 Å². The Hall–Kier alpha value is -0.610. The van der Waals surface area contributed by atoms with Crippen LogP contribution in [0.25, 0.3) is 0 Å². The van der Waals surface area contributed by atoms with E-state index >= 15 is 0 Å². The second-order valence-corrected chi connectivity index (χ2v) is 3.95. The average molecular weight is 188 g/mol. The third-order valence-electron chi connectivity index (χ3n) is 1.41. The smallest absolute Gasteiger partial charge is 0.234 e. The molecule has 0 spiro atoms. The maximum Gasteiger partial charge on any atom is 0.234 e. The highest BCUT2D eigenvalue weighted by Crippen LogP contribution is 1.96. The molecule has 0 radical (unpaired) electrons. The van der Waals surface area contributed by atoms with Crippen molar-refractivity contribution < 1.29 is 9.53 Å². The number of carbonyl (C=O) groups is 1. The fraction of sp³-hybridized carbons (Fsp3) is 0.889. The minimum absolute atomic E-state index is 0.00646. The van der Waals surface area contributed by atoms with E-state index in [-0.39, 0.29) is 11.4 Å². The van der Waals surface area contributed by atoms with Crippen molar-refractivity contribution in [3.8, 4) is 0 Å². The first kappa shape index (κ1) is 12.4. The molecule has 0 bridgehead atoms. The number of methoxy groups -OCH3 is 1. The molecule has 13 heavy (non-hydrogen) atoms. The summed E-state index contributed by atoms with van der Waals surface area (Å²) in [6.45, 7) is 7.55. The number of hydrogen-bond donors (Lipinski definition) is 2. The quantitative estimate of drug-likeness (QED) is 0.603. The van der Waals surface area contributed by atoms with Gasteiger partial charge in [-0.1, -0.05) is 0 Å². The summed E-state index contributed by atoms with van der Waals surface area (Å²) >= 11 is 0. The van der Waals surface area contributed by atoms with Crippen molar-refractivity contribution in [3.05, 3.63) is 0 Å². The predicted octanol–water partition coefficient (Wildman–Crippen LogP) is 0.137. The van der Waals surface area contributed by atoms with E-state index in [0.29, 0.717) is 19.7 Å². The maximum atomic E-state index is 11.1. The molecule has 1 amide bonds. The normalized spacial score (nSPS) is 11.4. The van der Waals surface area contributed by atoms with E-state index in [0.717, 1.165) is 0 Å². The number of amides is 1. The summed E-state index contributed by atoms with van der Waals surface area (Å²) in [4.78, 5) is 11.1. The molecule has 0 aromatic carbocycles. The van der Waals surface area contributed by atoms with Crippen LogP contribution in [0.5, 0.6) is 0 Å². The lowest BCUT2D eigenvalue weighted by molar-refractivity contribution is -0.120. The van der Waals surface area contributed by atoms with Gasteiger partial charge in [-0.2, -0.15) is 0 Å². The van der Waals surface area contributed by atoms with Gasteiger partial charge in [-0.25, -0.2) is 0 Å². The van der Waals surface area contributed by atoms with E-state index in [1.54, 1.807) is 7.11 Å². The third-order valence-corrected chi connectivity index (χ3v) is 1.41. The molecule has 0 aromatic rings. The van der Waals surface area contributed by atoms with Gasteiger partial charge in [-0.05, 0) is 20.8 Å². The van der Waals surface area contributed by atoms with Gasteiger partial charge in [-0.3, -0.25) is 4.79 Å². The second kappa shape index (κ2) is 5.94. The van der Waals surface area contributed by atoms with Crippen molar-refractivity contribution in [2.45, 2.75) is 26.3 Å². The van der Waals surface area contributed by atoms with Crippen LogP contribution in [-0.4, -0.2) is 38.3 Å². The molecule has 0 saturated heterocycles. The Morgan fingerprint density at radius 1 is 1.38 bits per heavy atom. The summed E-state index contributed by atoms with van der Waals surface area (Å²) in [7, 11) is 1.61. The fourth-order valence-electron chi connectivity index (χ4n) is 0.700. The zero-order chi connectivity index (χ0) is 10.3. The van der Waals surface area contributed by atoms with Gasteiger partial charge in [-0.15, -0.1) is 0 Å². The molecular formula is C9H20N2O2. The number of nitrogens with one attached hydrogen (secondary N) is 2. The van der Waals surface area contributed by atoms with Crippen molar-refractivity contribution >= 4 is 5.91 Å². The summed E-state index contributed by atoms with van der Waals surface area (Å²) in [5.74, 6) is 0.00646. The van der Waals surface area contributed by atoms with Crippen molar-refractivity contribution in [2.24, 2.45) is 0 Å². The Morgan fingerprint density at radius 3 is 2.46 bits per heavy atom. The predicted molar refractivity (Wildman–Crippen MR) is 52.6 cm³/mol. The van der Waals surface area contributed by atoms with Crippen LogP contribution in [-0.2, 0) is 9.53 Å². The molecule has 0 aliphatic carbocycles. The molecule has 0 rings (SSSR count). The van der Waals surface area contributed by atoms with Crippen LogP contribution in [0.4, 0.5) is 0 Å². The molecule has 0 saturated carbocycles. The molecule has 78 valence electrons. The molecule has 0 aliphatic rings. The van der Waals surface area contributed by atoms with Crippen LogP contribution in [0, 0.1) is 0 Å². The molecule has 2 N–H and O–H groups in total. The van der Waals surface area contributed by atoms with E-state index in [1.807, 2.05) is 20.8 Å². The molecule has 0 aromatic heterocycles. The highest BCUT2D eigenvalue weighted by molar-refractivity contribution is 5.78. The lowest BCUT2D eigenvalue weighted by atomic mass is 10.1. The Labute approximate surface area is 80.0 Å². The van der Waals surface area contributed by atoms with Gasteiger partial charge in [0.25, 0.3) is 0 Å². The largest absolute Gasteiger partial charge is 0.383 e. The summed E-state index contributed by atoms with van der Waals surface area (Å²) in [5, 5.41) is 5.83. The standard InChI is InChI=1S/C9H20N2O2/c1-9(2,3)11-7-8(12)10-5-6-13-4/h11H,5-7H2,1-4H3,(H,10,12). The first-order valence-electron chi connectivity index (χ1n) is 4.46. The molecular weight excluding hydrogens is 168 g/mol. The zero-order valence-corrected chi connectivity index (χ0v) is 8.94. The van der Waals surface area contributed by atoms with Crippen molar-refractivity contribution in [1.29, 1.82) is 0 Å². The van der Waals surface area contributed by atoms with Crippen LogP contribution in [0.3, 0.4) is 0 Å². The van der Waals surface area contributed by atoms with Crippen LogP contribution < -0.4 is 10.6 Å². The molecule has 4 nitrogen and oxygen atoms in total. The van der Waals surface area contributed by atoms with Gasteiger partial charge in [0.15, 0.2) is 0 Å². The van der Waals surface area contributed by atoms with E-state index in [1.165, 1.54) is 0 Å². The van der Waals surface area contributed by atoms with Gasteiger partial charge in [0, 0.05) is 19.2 Å². The van der Waals surface area contributed by atoms with Crippen molar-refractivity contribution in [3.63, 3.8) is 0 Å². The number of carbonyl (C=O) groups excluding carboxylic acids is 1. The summed E-state index contributed by atoms with van der Waals surface area (Å²) in [5.41, 5.74) is -0.0153. The summed E-state index contributed by atoms with van der Waals surface area (Å²) in [6.07, 6.45) is 0. The number of hydrogen-bond acceptors (Lipinski definition) is 3. The summed E-state index contributed by atoms with van der Waals surface area (Å²) in [6, 6.07) is 0. The van der Waals surface area contributed by atoms with Crippen molar-refractivity contribution in [1.82, 2.24) is 10.6 Å². The SMILES string of the molecule is COCCNC(=O)CNC(C)(C)C. The first-order chi connectivity index (χ1) is 5.95. The highest BCUT2D eigenvalue weighted by atomic mass is 16.5. The lowest BCUT2D eigenvalue weighted by Gasteiger charge is -2.19. The number of rotatable bonds is 5. The third kappa shape index (κ3) is 9.30.